The van der Waals surface area contributed by atoms with Crippen LogP contribution in [0.3, 0.4) is 0 Å². The van der Waals surface area contributed by atoms with E-state index in [0.717, 1.165) is 50.7 Å². The minimum atomic E-state index is 0.241. The molecule has 2 fully saturated rings. The van der Waals surface area contributed by atoms with Crippen molar-refractivity contribution < 1.29 is 4.79 Å². The van der Waals surface area contributed by atoms with E-state index >= 15 is 0 Å². The van der Waals surface area contributed by atoms with Crippen molar-refractivity contribution >= 4 is 17.6 Å². The normalized spacial score (nSPS) is 19.2. The number of anilines is 1. The lowest BCUT2D eigenvalue weighted by molar-refractivity contribution is -0.119. The van der Waals surface area contributed by atoms with Crippen molar-refractivity contribution in [2.75, 3.05) is 44.7 Å². The molecule has 0 atom stereocenters. The van der Waals surface area contributed by atoms with Gasteiger partial charge in [0.05, 0.1) is 0 Å². The summed E-state index contributed by atoms with van der Waals surface area (Å²) in [6.07, 6.45) is 6.80. The zero-order valence-corrected chi connectivity index (χ0v) is 16.5. The third-order valence-corrected chi connectivity index (χ3v) is 5.42. The van der Waals surface area contributed by atoms with Gasteiger partial charge in [-0.25, -0.2) is 0 Å². The molecule has 6 nitrogen and oxygen atoms in total. The van der Waals surface area contributed by atoms with Crippen LogP contribution < -0.4 is 15.5 Å². The highest BCUT2D eigenvalue weighted by Gasteiger charge is 2.19. The number of nitrogens with one attached hydrogen (secondary N) is 2. The second-order valence-corrected chi connectivity index (χ2v) is 7.42. The molecular formula is C21H33N5O. The fourth-order valence-corrected chi connectivity index (χ4v) is 3.79. The summed E-state index contributed by atoms with van der Waals surface area (Å²) in [5.41, 5.74) is 2.19. The Balaban J connectivity index is 1.41. The predicted molar refractivity (Wildman–Crippen MR) is 111 cm³/mol. The van der Waals surface area contributed by atoms with Crippen molar-refractivity contribution in [1.29, 1.82) is 0 Å². The molecular weight excluding hydrogens is 338 g/mol. The van der Waals surface area contributed by atoms with Gasteiger partial charge in [0, 0.05) is 45.3 Å². The first-order valence-electron chi connectivity index (χ1n) is 10.3. The van der Waals surface area contributed by atoms with Crippen molar-refractivity contribution in [3.63, 3.8) is 0 Å². The Morgan fingerprint density at radius 1 is 1.00 bits per heavy atom. The monoisotopic (exact) mass is 371 g/mol. The Labute approximate surface area is 163 Å². The van der Waals surface area contributed by atoms with Crippen LogP contribution in [0, 0.1) is 0 Å². The lowest BCUT2D eigenvalue weighted by atomic mass is 10.1. The fourth-order valence-electron chi connectivity index (χ4n) is 3.79. The van der Waals surface area contributed by atoms with Crippen LogP contribution in [0.2, 0.25) is 0 Å². The molecule has 0 radical (unpaired) electrons. The SMILES string of the molecule is CN=C(NCCN1CCCCC1)NCc1ccc(N2CCCCC2=O)cc1. The van der Waals surface area contributed by atoms with Crippen LogP contribution in [-0.4, -0.2) is 56.5 Å². The smallest absolute Gasteiger partial charge is 0.226 e. The number of amides is 1. The molecule has 1 aromatic rings. The summed E-state index contributed by atoms with van der Waals surface area (Å²) in [6, 6.07) is 8.27. The van der Waals surface area contributed by atoms with Gasteiger partial charge in [0.25, 0.3) is 0 Å². The lowest BCUT2D eigenvalue weighted by Gasteiger charge is -2.27. The number of carbonyl (C=O) groups is 1. The molecule has 2 aliphatic heterocycles. The standard InChI is InChI=1S/C21H33N5O/c1-22-21(23-12-16-25-13-4-2-5-14-25)24-17-18-8-10-19(11-9-18)26-15-6-3-7-20(26)27/h8-11H,2-7,12-17H2,1H3,(H2,22,23,24). The number of aliphatic imine (C=N–C) groups is 1. The molecule has 0 spiro atoms. The maximum atomic E-state index is 12.0. The maximum Gasteiger partial charge on any atom is 0.226 e. The second-order valence-electron chi connectivity index (χ2n) is 7.42. The number of carbonyl (C=O) groups excluding carboxylic acids is 1. The van der Waals surface area contributed by atoms with Gasteiger partial charge in [-0.2, -0.15) is 0 Å². The first-order chi connectivity index (χ1) is 13.3. The van der Waals surface area contributed by atoms with Crippen molar-refractivity contribution in [2.45, 2.75) is 45.1 Å². The van der Waals surface area contributed by atoms with Crippen LogP contribution in [0.4, 0.5) is 5.69 Å². The molecule has 0 aliphatic carbocycles. The predicted octanol–water partition coefficient (Wildman–Crippen LogP) is 2.35. The van der Waals surface area contributed by atoms with E-state index in [0.29, 0.717) is 6.42 Å². The summed E-state index contributed by atoms with van der Waals surface area (Å²) in [5, 5.41) is 6.77. The average Bonchev–Trinajstić information content (AvgIpc) is 2.72. The van der Waals surface area contributed by atoms with E-state index in [-0.39, 0.29) is 5.91 Å². The molecule has 2 heterocycles. The van der Waals surface area contributed by atoms with Gasteiger partial charge < -0.3 is 20.4 Å². The van der Waals surface area contributed by atoms with E-state index < -0.39 is 0 Å². The Bertz CT molecular complexity index is 622. The van der Waals surface area contributed by atoms with E-state index in [4.69, 9.17) is 0 Å². The molecule has 0 aromatic heterocycles. The summed E-state index contributed by atoms with van der Waals surface area (Å²) >= 11 is 0. The molecule has 27 heavy (non-hydrogen) atoms. The van der Waals surface area contributed by atoms with E-state index in [1.165, 1.54) is 37.9 Å². The second kappa shape index (κ2) is 10.3. The minimum Gasteiger partial charge on any atom is -0.355 e. The van der Waals surface area contributed by atoms with Crippen LogP contribution in [0.25, 0.3) is 0 Å². The highest BCUT2D eigenvalue weighted by Crippen LogP contribution is 2.21. The van der Waals surface area contributed by atoms with E-state index in [1.807, 2.05) is 17.0 Å². The zero-order chi connectivity index (χ0) is 18.9. The summed E-state index contributed by atoms with van der Waals surface area (Å²) in [5.74, 6) is 1.08. The molecule has 0 saturated carbocycles. The van der Waals surface area contributed by atoms with Gasteiger partial charge in [0.2, 0.25) is 5.91 Å². The average molecular weight is 372 g/mol. The molecule has 6 heteroatoms. The van der Waals surface area contributed by atoms with E-state index in [2.05, 4.69) is 32.7 Å². The van der Waals surface area contributed by atoms with Gasteiger partial charge in [-0.3, -0.25) is 9.79 Å². The number of hydrogen-bond acceptors (Lipinski definition) is 3. The van der Waals surface area contributed by atoms with E-state index in [1.54, 1.807) is 7.05 Å². The van der Waals surface area contributed by atoms with Crippen LogP contribution in [-0.2, 0) is 11.3 Å². The fraction of sp³-hybridized carbons (Fsp3) is 0.619. The molecule has 0 bridgehead atoms. The number of hydrogen-bond donors (Lipinski definition) is 2. The minimum absolute atomic E-state index is 0.241. The molecule has 0 unspecified atom stereocenters. The number of likely N-dealkylation sites (tertiary alicyclic amines) is 1. The molecule has 2 aliphatic rings. The quantitative estimate of drug-likeness (QED) is 0.595. The van der Waals surface area contributed by atoms with Gasteiger partial charge in [0.15, 0.2) is 5.96 Å². The molecule has 2 saturated heterocycles. The Morgan fingerprint density at radius 2 is 1.74 bits per heavy atom. The molecule has 148 valence electrons. The molecule has 1 amide bonds. The van der Waals surface area contributed by atoms with Gasteiger partial charge in [-0.15, -0.1) is 0 Å². The number of nitrogens with zero attached hydrogens (tertiary/aromatic N) is 3. The van der Waals surface area contributed by atoms with Crippen LogP contribution in [0.15, 0.2) is 29.3 Å². The van der Waals surface area contributed by atoms with Gasteiger partial charge in [0.1, 0.15) is 0 Å². The number of benzene rings is 1. The summed E-state index contributed by atoms with van der Waals surface area (Å²) < 4.78 is 0. The van der Waals surface area contributed by atoms with Crippen LogP contribution >= 0.6 is 0 Å². The Kier molecular flexibility index (Phi) is 7.51. The van der Waals surface area contributed by atoms with Gasteiger partial charge in [-0.1, -0.05) is 18.6 Å². The Hall–Kier alpha value is -2.08. The number of guanidine groups is 1. The largest absolute Gasteiger partial charge is 0.355 e. The molecule has 3 rings (SSSR count). The van der Waals surface area contributed by atoms with Crippen molar-refractivity contribution in [3.8, 4) is 0 Å². The third-order valence-electron chi connectivity index (χ3n) is 5.42. The Morgan fingerprint density at radius 3 is 2.44 bits per heavy atom. The van der Waals surface area contributed by atoms with Gasteiger partial charge in [-0.05, 0) is 56.5 Å². The summed E-state index contributed by atoms with van der Waals surface area (Å²) in [4.78, 5) is 20.8. The lowest BCUT2D eigenvalue weighted by Crippen LogP contribution is -2.42. The summed E-state index contributed by atoms with van der Waals surface area (Å²) in [6.45, 7) is 5.98. The highest BCUT2D eigenvalue weighted by atomic mass is 16.2. The van der Waals surface area contributed by atoms with Crippen molar-refractivity contribution in [2.24, 2.45) is 4.99 Å². The number of piperidine rings is 2. The third kappa shape index (κ3) is 5.96. The highest BCUT2D eigenvalue weighted by molar-refractivity contribution is 5.93. The number of rotatable bonds is 6. The van der Waals surface area contributed by atoms with Crippen LogP contribution in [0.5, 0.6) is 0 Å². The van der Waals surface area contributed by atoms with Crippen LogP contribution in [0.1, 0.15) is 44.1 Å². The van der Waals surface area contributed by atoms with Crippen molar-refractivity contribution in [3.05, 3.63) is 29.8 Å². The molecule has 1 aromatic carbocycles. The summed E-state index contributed by atoms with van der Waals surface area (Å²) in [7, 11) is 1.81. The first-order valence-corrected chi connectivity index (χ1v) is 10.3. The first kappa shape index (κ1) is 19.7. The zero-order valence-electron chi connectivity index (χ0n) is 16.5. The topological polar surface area (TPSA) is 60.0 Å². The van der Waals surface area contributed by atoms with Crippen molar-refractivity contribution in [1.82, 2.24) is 15.5 Å². The van der Waals surface area contributed by atoms with Gasteiger partial charge >= 0.3 is 0 Å². The molecule has 2 N–H and O–H groups in total. The maximum absolute atomic E-state index is 12.0. The van der Waals surface area contributed by atoms with E-state index in [9.17, 15) is 4.79 Å².